The molecule has 0 saturated carbocycles. The Bertz CT molecular complexity index is 900. The molecule has 1 saturated heterocycles. The minimum absolute atomic E-state index is 0.204. The number of imidazole rings is 1. The number of benzene rings is 2. The van der Waals surface area contributed by atoms with Crippen molar-refractivity contribution in [3.05, 3.63) is 60.4 Å². The highest BCUT2D eigenvalue weighted by Crippen LogP contribution is 2.23. The van der Waals surface area contributed by atoms with Gasteiger partial charge in [-0.3, -0.25) is 14.3 Å². The van der Waals surface area contributed by atoms with Crippen LogP contribution in [0.4, 0.5) is 0 Å². The fourth-order valence-corrected chi connectivity index (χ4v) is 3.89. The van der Waals surface area contributed by atoms with Crippen LogP contribution in [-0.2, 0) is 11.3 Å². The summed E-state index contributed by atoms with van der Waals surface area (Å²) in [6.45, 7) is 1.90. The third-order valence-corrected chi connectivity index (χ3v) is 5.24. The molecule has 5 heteroatoms. The molecule has 2 N–H and O–H groups in total. The van der Waals surface area contributed by atoms with Gasteiger partial charge in [-0.1, -0.05) is 30.7 Å². The summed E-state index contributed by atoms with van der Waals surface area (Å²) in [5.41, 5.74) is 9.90. The van der Waals surface area contributed by atoms with Gasteiger partial charge in [0.25, 0.3) is 0 Å². The van der Waals surface area contributed by atoms with Crippen molar-refractivity contribution >= 4 is 16.9 Å². The molecule has 134 valence electrons. The number of hydrogen-bond acceptors (Lipinski definition) is 3. The predicted molar refractivity (Wildman–Crippen MR) is 103 cm³/mol. The lowest BCUT2D eigenvalue weighted by Gasteiger charge is -2.35. The van der Waals surface area contributed by atoms with Gasteiger partial charge in [-0.2, -0.15) is 0 Å². The number of likely N-dealkylation sites (tertiary alicyclic amines) is 1. The van der Waals surface area contributed by atoms with E-state index in [1.54, 1.807) is 0 Å². The number of carbonyl (C=O) groups is 1. The lowest BCUT2D eigenvalue weighted by Crippen LogP contribution is -2.41. The van der Waals surface area contributed by atoms with Gasteiger partial charge in [0.05, 0.1) is 11.0 Å². The number of fused-ring (bicyclic) bond motifs is 1. The van der Waals surface area contributed by atoms with Crippen molar-refractivity contribution in [2.75, 3.05) is 6.54 Å². The fourth-order valence-electron chi connectivity index (χ4n) is 3.89. The van der Waals surface area contributed by atoms with Gasteiger partial charge >= 0.3 is 0 Å². The Morgan fingerprint density at radius 2 is 1.92 bits per heavy atom. The van der Waals surface area contributed by atoms with Crippen LogP contribution in [0.1, 0.15) is 31.2 Å². The van der Waals surface area contributed by atoms with E-state index in [0.29, 0.717) is 6.42 Å². The first kappa shape index (κ1) is 16.8. The van der Waals surface area contributed by atoms with Crippen LogP contribution in [0.3, 0.4) is 0 Å². The molecule has 1 fully saturated rings. The van der Waals surface area contributed by atoms with Crippen molar-refractivity contribution in [1.82, 2.24) is 14.5 Å². The van der Waals surface area contributed by atoms with Crippen LogP contribution < -0.4 is 5.73 Å². The summed E-state index contributed by atoms with van der Waals surface area (Å²) in [5, 5.41) is 0. The maximum absolute atomic E-state index is 11.3. The molecule has 1 atom stereocenters. The molecule has 26 heavy (non-hydrogen) atoms. The Morgan fingerprint density at radius 3 is 2.73 bits per heavy atom. The molecule has 0 aliphatic carbocycles. The van der Waals surface area contributed by atoms with Gasteiger partial charge in [0.2, 0.25) is 5.91 Å². The molecule has 0 bridgehead atoms. The highest BCUT2D eigenvalue weighted by atomic mass is 16.1. The molecule has 1 aliphatic rings. The van der Waals surface area contributed by atoms with E-state index in [1.807, 2.05) is 24.5 Å². The summed E-state index contributed by atoms with van der Waals surface area (Å²) in [4.78, 5) is 18.2. The van der Waals surface area contributed by atoms with E-state index < -0.39 is 0 Å². The average Bonchev–Trinajstić information content (AvgIpc) is 3.08. The predicted octanol–water partition coefficient (Wildman–Crippen LogP) is 3.26. The third kappa shape index (κ3) is 3.48. The number of carbonyl (C=O) groups excluding carboxylic acids is 1. The van der Waals surface area contributed by atoms with Crippen molar-refractivity contribution in [3.63, 3.8) is 0 Å². The summed E-state index contributed by atoms with van der Waals surface area (Å²) in [6, 6.07) is 17.0. The van der Waals surface area contributed by atoms with Crippen molar-refractivity contribution < 1.29 is 4.79 Å². The largest absolute Gasteiger partial charge is 0.370 e. The number of amides is 1. The van der Waals surface area contributed by atoms with E-state index in [-0.39, 0.29) is 11.9 Å². The van der Waals surface area contributed by atoms with Crippen LogP contribution in [0.2, 0.25) is 0 Å². The Morgan fingerprint density at radius 1 is 1.12 bits per heavy atom. The van der Waals surface area contributed by atoms with Crippen LogP contribution in [0.25, 0.3) is 16.7 Å². The first-order valence-electron chi connectivity index (χ1n) is 9.24. The number of para-hydroxylation sites is 2. The van der Waals surface area contributed by atoms with Crippen LogP contribution >= 0.6 is 0 Å². The molecule has 4 rings (SSSR count). The Balaban J connectivity index is 1.51. The normalized spacial score (nSPS) is 18.2. The first-order chi connectivity index (χ1) is 12.7. The van der Waals surface area contributed by atoms with Gasteiger partial charge in [0.15, 0.2) is 0 Å². The number of piperidine rings is 1. The SMILES string of the molecule is NC(=O)CC1CCCCN1Cc1ccc(-n2cnc3ccccc32)cc1. The highest BCUT2D eigenvalue weighted by Gasteiger charge is 2.23. The summed E-state index contributed by atoms with van der Waals surface area (Å²) < 4.78 is 2.11. The van der Waals surface area contributed by atoms with Crippen LogP contribution in [0.5, 0.6) is 0 Å². The molecule has 1 aromatic heterocycles. The van der Waals surface area contributed by atoms with Crippen molar-refractivity contribution in [2.24, 2.45) is 5.73 Å². The Hall–Kier alpha value is -2.66. The smallest absolute Gasteiger partial charge is 0.218 e. The maximum Gasteiger partial charge on any atom is 0.218 e. The number of nitrogens with two attached hydrogens (primary N) is 1. The van der Waals surface area contributed by atoms with Gasteiger partial charge in [0.1, 0.15) is 6.33 Å². The second-order valence-corrected chi connectivity index (χ2v) is 7.06. The van der Waals surface area contributed by atoms with E-state index in [4.69, 9.17) is 5.73 Å². The van der Waals surface area contributed by atoms with E-state index in [2.05, 4.69) is 44.8 Å². The Labute approximate surface area is 153 Å². The zero-order chi connectivity index (χ0) is 17.9. The van der Waals surface area contributed by atoms with E-state index in [9.17, 15) is 4.79 Å². The van der Waals surface area contributed by atoms with Crippen LogP contribution in [-0.4, -0.2) is 32.9 Å². The molecular formula is C21H24N4O. The zero-order valence-corrected chi connectivity index (χ0v) is 14.8. The number of primary amides is 1. The van der Waals surface area contributed by atoms with E-state index >= 15 is 0 Å². The van der Waals surface area contributed by atoms with Gasteiger partial charge in [-0.05, 0) is 49.2 Å². The summed E-state index contributed by atoms with van der Waals surface area (Å²) in [6.07, 6.45) is 5.75. The van der Waals surface area contributed by atoms with Crippen LogP contribution in [0.15, 0.2) is 54.9 Å². The number of aromatic nitrogens is 2. The van der Waals surface area contributed by atoms with Gasteiger partial charge in [0, 0.05) is 24.7 Å². The van der Waals surface area contributed by atoms with Gasteiger partial charge in [-0.15, -0.1) is 0 Å². The quantitative estimate of drug-likeness (QED) is 0.770. The minimum Gasteiger partial charge on any atom is -0.370 e. The molecule has 2 aromatic carbocycles. The third-order valence-electron chi connectivity index (χ3n) is 5.24. The second kappa shape index (κ2) is 7.30. The lowest BCUT2D eigenvalue weighted by atomic mass is 9.98. The molecule has 2 heterocycles. The fraction of sp³-hybridized carbons (Fsp3) is 0.333. The molecule has 0 spiro atoms. The van der Waals surface area contributed by atoms with Gasteiger partial charge < -0.3 is 5.73 Å². The monoisotopic (exact) mass is 348 g/mol. The minimum atomic E-state index is -0.204. The summed E-state index contributed by atoms with van der Waals surface area (Å²) >= 11 is 0. The average molecular weight is 348 g/mol. The molecule has 1 aliphatic heterocycles. The number of rotatable bonds is 5. The summed E-state index contributed by atoms with van der Waals surface area (Å²) in [5.74, 6) is -0.204. The summed E-state index contributed by atoms with van der Waals surface area (Å²) in [7, 11) is 0. The molecule has 5 nitrogen and oxygen atoms in total. The van der Waals surface area contributed by atoms with Crippen molar-refractivity contribution in [2.45, 2.75) is 38.3 Å². The van der Waals surface area contributed by atoms with E-state index in [1.165, 1.54) is 18.4 Å². The molecule has 0 radical (unpaired) electrons. The second-order valence-electron chi connectivity index (χ2n) is 7.06. The number of nitrogens with zero attached hydrogens (tertiary/aromatic N) is 3. The topological polar surface area (TPSA) is 64.2 Å². The molecule has 1 unspecified atom stereocenters. The molecular weight excluding hydrogens is 324 g/mol. The first-order valence-corrected chi connectivity index (χ1v) is 9.24. The lowest BCUT2D eigenvalue weighted by molar-refractivity contribution is -0.119. The van der Waals surface area contributed by atoms with Crippen LogP contribution in [0, 0.1) is 0 Å². The number of hydrogen-bond donors (Lipinski definition) is 1. The maximum atomic E-state index is 11.3. The highest BCUT2D eigenvalue weighted by molar-refractivity contribution is 5.77. The standard InChI is InChI=1S/C21H24N4O/c22-21(26)13-18-5-3-4-12-24(18)14-16-8-10-17(11-9-16)25-15-23-19-6-1-2-7-20(19)25/h1-2,6-11,15,18H,3-5,12-14H2,(H2,22,26). The molecule has 3 aromatic rings. The zero-order valence-electron chi connectivity index (χ0n) is 14.8. The van der Waals surface area contributed by atoms with Gasteiger partial charge in [-0.25, -0.2) is 4.98 Å². The van der Waals surface area contributed by atoms with Crippen molar-refractivity contribution in [1.29, 1.82) is 0 Å². The Kier molecular flexibility index (Phi) is 4.71. The molecule has 1 amide bonds. The van der Waals surface area contributed by atoms with E-state index in [0.717, 1.165) is 36.2 Å². The van der Waals surface area contributed by atoms with Crippen molar-refractivity contribution in [3.8, 4) is 5.69 Å².